The molecule has 10 rings (SSSR count). The summed E-state index contributed by atoms with van der Waals surface area (Å²) in [6, 6.07) is 45.0. The van der Waals surface area contributed by atoms with Crippen molar-refractivity contribution in [3.05, 3.63) is 200 Å². The van der Waals surface area contributed by atoms with Crippen LogP contribution in [0.2, 0.25) is 0 Å². The van der Waals surface area contributed by atoms with Gasteiger partial charge in [-0.3, -0.25) is 0 Å². The van der Waals surface area contributed by atoms with Gasteiger partial charge in [0.1, 0.15) is 11.5 Å². The molecule has 0 unspecified atom stereocenters. The number of rotatable bonds is 2. The van der Waals surface area contributed by atoms with Crippen LogP contribution < -0.4 is 9.47 Å². The van der Waals surface area contributed by atoms with Crippen LogP contribution in [0.1, 0.15) is 66.8 Å². The highest BCUT2D eigenvalue weighted by atomic mass is 16.5. The molecule has 4 bridgehead atoms. The van der Waals surface area contributed by atoms with Gasteiger partial charge in [0.05, 0.1) is 14.2 Å². The lowest BCUT2D eigenvalue weighted by molar-refractivity contribution is 0.406. The minimum absolute atomic E-state index is 0.777. The van der Waals surface area contributed by atoms with E-state index in [1.165, 1.54) is 0 Å². The van der Waals surface area contributed by atoms with Crippen molar-refractivity contribution in [2.75, 3.05) is 14.2 Å². The van der Waals surface area contributed by atoms with E-state index in [9.17, 15) is 0 Å². The van der Waals surface area contributed by atoms with Crippen LogP contribution in [-0.4, -0.2) is 14.2 Å². The summed E-state index contributed by atoms with van der Waals surface area (Å²) < 4.78 is 11.8. The molecule has 0 heterocycles. The number of benzene rings is 6. The minimum Gasteiger partial charge on any atom is -0.496 e. The van der Waals surface area contributed by atoms with E-state index in [0.29, 0.717) is 0 Å². The molecule has 0 saturated carbocycles. The van der Waals surface area contributed by atoms with E-state index in [4.69, 9.17) is 9.47 Å². The summed E-state index contributed by atoms with van der Waals surface area (Å²) >= 11 is 0. The van der Waals surface area contributed by atoms with Crippen molar-refractivity contribution in [2.45, 2.75) is 25.7 Å². The van der Waals surface area contributed by atoms with Gasteiger partial charge in [-0.2, -0.15) is 0 Å². The Morgan fingerprint density at radius 1 is 0.327 bits per heavy atom. The molecule has 0 radical (unpaired) electrons. The molecule has 0 aliphatic heterocycles. The third-order valence-electron chi connectivity index (χ3n) is 9.04. The maximum atomic E-state index is 5.90. The monoisotopic (exact) mass is 668 g/mol. The maximum Gasteiger partial charge on any atom is 0.122 e. The second-order valence-electron chi connectivity index (χ2n) is 12.5. The number of aryl methyl sites for hydroxylation is 4. The molecule has 0 atom stereocenters. The molecule has 0 spiro atoms. The van der Waals surface area contributed by atoms with Gasteiger partial charge >= 0.3 is 0 Å². The molecular weight excluding hydrogens is 633 g/mol. The van der Waals surface area contributed by atoms with Crippen LogP contribution in [0.25, 0.3) is 0 Å². The molecule has 0 N–H and O–H groups in total. The van der Waals surface area contributed by atoms with Gasteiger partial charge in [0.25, 0.3) is 0 Å². The molecule has 4 aliphatic rings. The molecule has 6 aromatic rings. The molecule has 4 aliphatic carbocycles. The SMILES string of the molecule is COc1cc2c(C#Cc3ccc(C#Cc4ccccc4)cc3)cc1CCc1cc(OC)c(cc1C#Cc1ccc(C#Cc3ccccc3)cc1)CC2. The summed E-state index contributed by atoms with van der Waals surface area (Å²) in [5.41, 5.74) is 12.4. The van der Waals surface area contributed by atoms with Crippen molar-refractivity contribution in [3.63, 3.8) is 0 Å². The average Bonchev–Trinajstić information content (AvgIpc) is 3.20. The fraction of sp³-hybridized carbons (Fsp3) is 0.120. The molecule has 6 aromatic carbocycles. The summed E-state index contributed by atoms with van der Waals surface area (Å²) in [4.78, 5) is 0. The van der Waals surface area contributed by atoms with Gasteiger partial charge in [-0.1, -0.05) is 83.8 Å². The third-order valence-corrected chi connectivity index (χ3v) is 9.04. The fourth-order valence-electron chi connectivity index (χ4n) is 6.17. The summed E-state index contributed by atoms with van der Waals surface area (Å²) in [6.45, 7) is 0. The normalized spacial score (nSPS) is 11.1. The van der Waals surface area contributed by atoms with Crippen LogP contribution in [0.15, 0.2) is 133 Å². The summed E-state index contributed by atoms with van der Waals surface area (Å²) in [7, 11) is 3.49. The quantitative estimate of drug-likeness (QED) is 0.171. The van der Waals surface area contributed by atoms with E-state index in [2.05, 4.69) is 71.6 Å². The highest BCUT2D eigenvalue weighted by molar-refractivity contribution is 5.57. The second-order valence-corrected chi connectivity index (χ2v) is 12.5. The van der Waals surface area contributed by atoms with Crippen LogP contribution in [0, 0.1) is 47.4 Å². The number of ether oxygens (including phenoxy) is 2. The predicted octanol–water partition coefficient (Wildman–Crippen LogP) is 9.19. The van der Waals surface area contributed by atoms with Gasteiger partial charge in [-0.15, -0.1) is 0 Å². The van der Waals surface area contributed by atoms with Crippen molar-refractivity contribution in [2.24, 2.45) is 0 Å². The highest BCUT2D eigenvalue weighted by Gasteiger charge is 2.16. The molecule has 2 nitrogen and oxygen atoms in total. The van der Waals surface area contributed by atoms with Gasteiger partial charge in [-0.25, -0.2) is 0 Å². The summed E-state index contributed by atoms with van der Waals surface area (Å²) in [5.74, 6) is 28.5. The zero-order valence-electron chi connectivity index (χ0n) is 29.3. The van der Waals surface area contributed by atoms with Gasteiger partial charge in [-0.05, 0) is 145 Å². The van der Waals surface area contributed by atoms with Crippen molar-refractivity contribution >= 4 is 0 Å². The third kappa shape index (κ3) is 8.47. The first-order valence-electron chi connectivity index (χ1n) is 17.4. The van der Waals surface area contributed by atoms with Crippen LogP contribution in [-0.2, 0) is 25.7 Å². The van der Waals surface area contributed by atoms with E-state index >= 15 is 0 Å². The second kappa shape index (κ2) is 16.2. The molecule has 2 heteroatoms. The number of methoxy groups -OCH3 is 2. The van der Waals surface area contributed by atoms with Crippen molar-refractivity contribution in [3.8, 4) is 58.9 Å². The molecule has 52 heavy (non-hydrogen) atoms. The first kappa shape index (κ1) is 33.6. The largest absolute Gasteiger partial charge is 0.496 e. The van der Waals surface area contributed by atoms with E-state index in [-0.39, 0.29) is 0 Å². The molecular formula is C50H36O2. The minimum atomic E-state index is 0.777. The van der Waals surface area contributed by atoms with Crippen molar-refractivity contribution < 1.29 is 9.47 Å². The molecule has 248 valence electrons. The smallest absolute Gasteiger partial charge is 0.122 e. The van der Waals surface area contributed by atoms with E-state index in [1.807, 2.05) is 109 Å². The Hall–Kier alpha value is -6.84. The lowest BCUT2D eigenvalue weighted by atomic mass is 9.90. The lowest BCUT2D eigenvalue weighted by Crippen LogP contribution is -2.06. The maximum absolute atomic E-state index is 5.90. The molecule has 0 saturated heterocycles. The Morgan fingerprint density at radius 2 is 0.615 bits per heavy atom. The zero-order valence-corrected chi connectivity index (χ0v) is 29.3. The standard InChI is InChI=1S/C50H36O2/c1-51-49-35-45-30-32-48-34-44(28-26-42-23-19-40(20-24-42)16-14-38-11-7-4-8-12-38)46(36-50(48)52-2)29-31-47(49)33-43(45)27-25-41-21-17-39(18-22-41)15-13-37-9-5-3-6-10-37/h3-12,17-24,33-36H,29-32H2,1-2H3. The summed E-state index contributed by atoms with van der Waals surface area (Å²) in [5, 5.41) is 0. The van der Waals surface area contributed by atoms with E-state index in [0.717, 1.165) is 104 Å². The number of hydrogen-bond acceptors (Lipinski definition) is 2. The molecule has 0 aromatic heterocycles. The van der Waals surface area contributed by atoms with Crippen LogP contribution in [0.3, 0.4) is 0 Å². The van der Waals surface area contributed by atoms with Crippen LogP contribution >= 0.6 is 0 Å². The van der Waals surface area contributed by atoms with Gasteiger partial charge < -0.3 is 9.47 Å². The first-order valence-corrected chi connectivity index (χ1v) is 17.4. The Balaban J connectivity index is 1.13. The Labute approximate surface area is 307 Å². The van der Waals surface area contributed by atoms with E-state index < -0.39 is 0 Å². The predicted molar refractivity (Wildman–Crippen MR) is 210 cm³/mol. The van der Waals surface area contributed by atoms with Gasteiger partial charge in [0.2, 0.25) is 0 Å². The lowest BCUT2D eigenvalue weighted by Gasteiger charge is -2.18. The van der Waals surface area contributed by atoms with E-state index in [1.54, 1.807) is 14.2 Å². The first-order chi connectivity index (χ1) is 25.6. The van der Waals surface area contributed by atoms with Gasteiger partial charge in [0.15, 0.2) is 0 Å². The Bertz CT molecular complexity index is 2280. The fourth-order valence-corrected chi connectivity index (χ4v) is 6.17. The Kier molecular flexibility index (Phi) is 10.5. The molecule has 0 fully saturated rings. The molecule has 0 amide bonds. The van der Waals surface area contributed by atoms with Crippen molar-refractivity contribution in [1.82, 2.24) is 0 Å². The van der Waals surface area contributed by atoms with Crippen LogP contribution in [0.4, 0.5) is 0 Å². The highest BCUT2D eigenvalue weighted by Crippen LogP contribution is 2.31. The topological polar surface area (TPSA) is 18.5 Å². The summed E-state index contributed by atoms with van der Waals surface area (Å²) in [6.07, 6.45) is 3.11. The van der Waals surface area contributed by atoms with Crippen LogP contribution in [0.5, 0.6) is 11.5 Å². The average molecular weight is 669 g/mol. The number of hydrogen-bond donors (Lipinski definition) is 0. The van der Waals surface area contributed by atoms with Crippen molar-refractivity contribution in [1.29, 1.82) is 0 Å². The Morgan fingerprint density at radius 3 is 0.942 bits per heavy atom. The zero-order chi connectivity index (χ0) is 35.5. The van der Waals surface area contributed by atoms with Gasteiger partial charge in [0, 0.05) is 44.5 Å².